The molecule has 0 bridgehead atoms. The first-order valence-electron chi connectivity index (χ1n) is 11.2. The molecule has 1 aliphatic rings. The molecule has 33 heavy (non-hydrogen) atoms. The molecule has 3 heterocycles. The molecular weight excluding hydrogens is 450 g/mol. The predicted molar refractivity (Wildman–Crippen MR) is 136 cm³/mol. The van der Waals surface area contributed by atoms with Crippen molar-refractivity contribution in [1.82, 2.24) is 9.88 Å². The van der Waals surface area contributed by atoms with Gasteiger partial charge in [-0.15, -0.1) is 22.7 Å². The lowest BCUT2D eigenvalue weighted by atomic mass is 10.0. The SMILES string of the molecule is CCc1ccc(CC(=O)Nc2sc3c(c2-c2nc4ccccc4s2)CCN(C(C)=O)C3)cc1. The number of hydrogen-bond donors (Lipinski definition) is 1. The van der Waals surface area contributed by atoms with Crippen LogP contribution in [-0.4, -0.2) is 28.2 Å². The zero-order valence-electron chi connectivity index (χ0n) is 18.7. The lowest BCUT2D eigenvalue weighted by Gasteiger charge is -2.26. The van der Waals surface area contributed by atoms with Crippen molar-refractivity contribution >= 4 is 49.7 Å². The number of thiazole rings is 1. The van der Waals surface area contributed by atoms with Gasteiger partial charge in [-0.25, -0.2) is 4.98 Å². The van der Waals surface area contributed by atoms with Crippen molar-refractivity contribution in [2.45, 2.75) is 39.7 Å². The zero-order chi connectivity index (χ0) is 22.9. The van der Waals surface area contributed by atoms with Crippen LogP contribution in [0, 0.1) is 0 Å². The van der Waals surface area contributed by atoms with Crippen molar-refractivity contribution in [2.75, 3.05) is 11.9 Å². The van der Waals surface area contributed by atoms with Crippen LogP contribution in [-0.2, 0) is 35.4 Å². The Bertz CT molecular complexity index is 1300. The first kappa shape index (κ1) is 21.8. The number of fused-ring (bicyclic) bond motifs is 2. The standard InChI is InChI=1S/C26H25N3O2S2/c1-3-17-8-10-18(11-9-17)14-23(31)28-26-24(25-27-20-6-4-5-7-21(20)32-25)19-12-13-29(16(2)30)15-22(19)33-26/h4-11H,3,12-15H2,1-2H3,(H,28,31). The molecule has 0 spiro atoms. The molecule has 4 aromatic rings. The zero-order valence-corrected chi connectivity index (χ0v) is 20.3. The number of anilines is 1. The van der Waals surface area contributed by atoms with Crippen LogP contribution in [0.2, 0.25) is 0 Å². The van der Waals surface area contributed by atoms with E-state index in [0.29, 0.717) is 19.5 Å². The number of benzene rings is 2. The second-order valence-corrected chi connectivity index (χ2v) is 10.4. The molecular formula is C26H25N3O2S2. The maximum atomic E-state index is 13.0. The highest BCUT2D eigenvalue weighted by molar-refractivity contribution is 7.22. The van der Waals surface area contributed by atoms with Crippen LogP contribution in [0.1, 0.15) is 35.4 Å². The summed E-state index contributed by atoms with van der Waals surface area (Å²) in [6, 6.07) is 16.3. The summed E-state index contributed by atoms with van der Waals surface area (Å²) in [6.07, 6.45) is 2.08. The van der Waals surface area contributed by atoms with Crippen molar-refractivity contribution in [3.8, 4) is 10.6 Å². The fraction of sp³-hybridized carbons (Fsp3) is 0.269. The van der Waals surface area contributed by atoms with Crippen LogP contribution >= 0.6 is 22.7 Å². The molecule has 168 valence electrons. The Morgan fingerprint density at radius 3 is 2.55 bits per heavy atom. The molecule has 0 saturated heterocycles. The highest BCUT2D eigenvalue weighted by Gasteiger charge is 2.28. The van der Waals surface area contributed by atoms with E-state index in [-0.39, 0.29) is 11.8 Å². The van der Waals surface area contributed by atoms with Gasteiger partial charge in [0.05, 0.1) is 23.2 Å². The third kappa shape index (κ3) is 4.43. The molecule has 2 aromatic carbocycles. The summed E-state index contributed by atoms with van der Waals surface area (Å²) in [4.78, 5) is 32.8. The van der Waals surface area contributed by atoms with Crippen LogP contribution in [0.15, 0.2) is 48.5 Å². The molecule has 5 rings (SSSR count). The third-order valence-electron chi connectivity index (χ3n) is 6.06. The van der Waals surface area contributed by atoms with Gasteiger partial charge in [0.2, 0.25) is 11.8 Å². The largest absolute Gasteiger partial charge is 0.337 e. The quantitative estimate of drug-likeness (QED) is 0.404. The summed E-state index contributed by atoms with van der Waals surface area (Å²) in [6.45, 7) is 5.01. The van der Waals surface area contributed by atoms with Gasteiger partial charge in [-0.2, -0.15) is 0 Å². The smallest absolute Gasteiger partial charge is 0.229 e. The number of amides is 2. The molecule has 0 unspecified atom stereocenters. The van der Waals surface area contributed by atoms with Gasteiger partial charge in [-0.1, -0.05) is 43.3 Å². The molecule has 7 heteroatoms. The maximum Gasteiger partial charge on any atom is 0.229 e. The second kappa shape index (κ2) is 9.08. The average molecular weight is 476 g/mol. The van der Waals surface area contributed by atoms with E-state index in [0.717, 1.165) is 49.1 Å². The van der Waals surface area contributed by atoms with Crippen molar-refractivity contribution in [2.24, 2.45) is 0 Å². The van der Waals surface area contributed by atoms with Crippen LogP contribution in [0.3, 0.4) is 0 Å². The lowest BCUT2D eigenvalue weighted by molar-refractivity contribution is -0.129. The van der Waals surface area contributed by atoms with Crippen molar-refractivity contribution in [3.05, 3.63) is 70.1 Å². The monoisotopic (exact) mass is 475 g/mol. The van der Waals surface area contributed by atoms with Gasteiger partial charge in [-0.05, 0) is 41.7 Å². The molecule has 0 aliphatic carbocycles. The highest BCUT2D eigenvalue weighted by Crippen LogP contribution is 2.45. The van der Waals surface area contributed by atoms with E-state index in [9.17, 15) is 9.59 Å². The normalized spacial score (nSPS) is 13.2. The number of aryl methyl sites for hydroxylation is 1. The van der Waals surface area contributed by atoms with E-state index in [1.54, 1.807) is 29.6 Å². The highest BCUT2D eigenvalue weighted by atomic mass is 32.1. The van der Waals surface area contributed by atoms with Gasteiger partial charge >= 0.3 is 0 Å². The van der Waals surface area contributed by atoms with E-state index in [1.165, 1.54) is 11.1 Å². The third-order valence-corrected chi connectivity index (χ3v) is 8.24. The Labute approximate surface area is 201 Å². The summed E-state index contributed by atoms with van der Waals surface area (Å²) < 4.78 is 1.13. The van der Waals surface area contributed by atoms with Gasteiger partial charge in [0.1, 0.15) is 10.0 Å². The van der Waals surface area contributed by atoms with E-state index in [4.69, 9.17) is 4.98 Å². The minimum atomic E-state index is -0.0383. The van der Waals surface area contributed by atoms with Gasteiger partial charge in [0.15, 0.2) is 0 Å². The number of carbonyl (C=O) groups is 2. The molecule has 0 saturated carbocycles. The topological polar surface area (TPSA) is 62.3 Å². The number of nitrogens with zero attached hydrogens (tertiary/aromatic N) is 2. The Morgan fingerprint density at radius 1 is 1.06 bits per heavy atom. The molecule has 2 aromatic heterocycles. The Hall–Kier alpha value is -3.03. The van der Waals surface area contributed by atoms with Crippen molar-refractivity contribution in [3.63, 3.8) is 0 Å². The van der Waals surface area contributed by atoms with Crippen LogP contribution in [0.5, 0.6) is 0 Å². The number of nitrogens with one attached hydrogen (secondary N) is 1. The van der Waals surface area contributed by atoms with Gasteiger partial charge < -0.3 is 10.2 Å². The van der Waals surface area contributed by atoms with Gasteiger partial charge in [-0.3, -0.25) is 9.59 Å². The summed E-state index contributed by atoms with van der Waals surface area (Å²) in [5, 5.41) is 4.93. The Kier molecular flexibility index (Phi) is 6.00. The number of hydrogen-bond acceptors (Lipinski definition) is 5. The number of para-hydroxylation sites is 1. The molecule has 0 atom stereocenters. The van der Waals surface area contributed by atoms with Gasteiger partial charge in [0.25, 0.3) is 0 Å². The fourth-order valence-electron chi connectivity index (χ4n) is 4.21. The summed E-state index contributed by atoms with van der Waals surface area (Å²) in [7, 11) is 0. The predicted octanol–water partition coefficient (Wildman–Crippen LogP) is 5.67. The summed E-state index contributed by atoms with van der Waals surface area (Å²) >= 11 is 3.22. The van der Waals surface area contributed by atoms with Crippen LogP contribution in [0.4, 0.5) is 5.00 Å². The number of thiophene rings is 1. The van der Waals surface area contributed by atoms with E-state index in [1.807, 2.05) is 35.2 Å². The minimum Gasteiger partial charge on any atom is -0.337 e. The first-order chi connectivity index (χ1) is 16.0. The van der Waals surface area contributed by atoms with E-state index >= 15 is 0 Å². The Balaban J connectivity index is 1.48. The number of carbonyl (C=O) groups excluding carboxylic acids is 2. The molecule has 2 amide bonds. The van der Waals surface area contributed by atoms with Crippen molar-refractivity contribution < 1.29 is 9.59 Å². The number of aromatic nitrogens is 1. The Morgan fingerprint density at radius 2 is 1.82 bits per heavy atom. The molecule has 0 radical (unpaired) electrons. The van der Waals surface area contributed by atoms with E-state index in [2.05, 4.69) is 30.4 Å². The van der Waals surface area contributed by atoms with Crippen LogP contribution < -0.4 is 5.32 Å². The first-order valence-corrected chi connectivity index (χ1v) is 12.8. The van der Waals surface area contributed by atoms with Crippen molar-refractivity contribution in [1.29, 1.82) is 0 Å². The summed E-state index contributed by atoms with van der Waals surface area (Å²) in [5.74, 6) is 0.0420. The lowest BCUT2D eigenvalue weighted by Crippen LogP contribution is -2.33. The molecule has 1 N–H and O–H groups in total. The van der Waals surface area contributed by atoms with Gasteiger partial charge in [0, 0.05) is 23.9 Å². The molecule has 0 fully saturated rings. The summed E-state index contributed by atoms with van der Waals surface area (Å²) in [5.41, 5.74) is 5.45. The number of rotatable bonds is 5. The maximum absolute atomic E-state index is 13.0. The molecule has 1 aliphatic heterocycles. The fourth-order valence-corrected chi connectivity index (χ4v) is 6.60. The van der Waals surface area contributed by atoms with Crippen LogP contribution in [0.25, 0.3) is 20.8 Å². The minimum absolute atomic E-state index is 0.0383. The second-order valence-electron chi connectivity index (χ2n) is 8.28. The van der Waals surface area contributed by atoms with E-state index < -0.39 is 0 Å². The molecule has 5 nitrogen and oxygen atoms in total. The average Bonchev–Trinajstić information content (AvgIpc) is 3.39.